The van der Waals surface area contributed by atoms with E-state index in [0.29, 0.717) is 22.8 Å². The quantitative estimate of drug-likeness (QED) is 0.567. The van der Waals surface area contributed by atoms with Crippen molar-refractivity contribution in [2.45, 2.75) is 12.4 Å². The Balaban J connectivity index is 2.10. The molecule has 0 radical (unpaired) electrons. The van der Waals surface area contributed by atoms with Crippen LogP contribution in [0, 0.1) is 0 Å². The summed E-state index contributed by atoms with van der Waals surface area (Å²) in [4.78, 5) is 0. The van der Waals surface area contributed by atoms with Crippen molar-refractivity contribution in [3.8, 4) is 17.2 Å². The van der Waals surface area contributed by atoms with Crippen molar-refractivity contribution in [3.63, 3.8) is 0 Å². The van der Waals surface area contributed by atoms with Crippen molar-refractivity contribution >= 4 is 15.7 Å². The highest BCUT2D eigenvalue weighted by molar-refractivity contribution is 7.91. The van der Waals surface area contributed by atoms with Crippen LogP contribution in [-0.4, -0.2) is 47.3 Å². The van der Waals surface area contributed by atoms with E-state index in [1.54, 1.807) is 24.3 Å². The summed E-state index contributed by atoms with van der Waals surface area (Å²) < 4.78 is 81.3. The minimum Gasteiger partial charge on any atom is -0.493 e. The summed E-state index contributed by atoms with van der Waals surface area (Å²) in [5.74, 6) is -0.808. The topological polar surface area (TPSA) is 87.9 Å². The zero-order valence-corrected chi connectivity index (χ0v) is 18.8. The van der Waals surface area contributed by atoms with Crippen LogP contribution in [0.15, 0.2) is 72.5 Å². The SMILES string of the molecule is COc1ccccc1Oc1ccc([N+]2(S(=O)(=O)CC(F)(F)F)C=C(CN)C=CC2OC)cc1. The summed E-state index contributed by atoms with van der Waals surface area (Å²) in [5, 5.41) is 0. The van der Waals surface area contributed by atoms with Crippen molar-refractivity contribution in [1.29, 1.82) is 0 Å². The highest BCUT2D eigenvalue weighted by Crippen LogP contribution is 2.40. The predicted molar refractivity (Wildman–Crippen MR) is 118 cm³/mol. The molecular formula is C22H24F3N2O5S+. The molecule has 178 valence electrons. The normalized spacial score (nSPS) is 20.9. The van der Waals surface area contributed by atoms with Crippen LogP contribution in [0.3, 0.4) is 0 Å². The number of alkyl halides is 3. The lowest BCUT2D eigenvalue weighted by atomic mass is 10.1. The number of methoxy groups -OCH3 is 2. The molecule has 7 nitrogen and oxygen atoms in total. The van der Waals surface area contributed by atoms with Crippen LogP contribution < -0.4 is 19.1 Å². The van der Waals surface area contributed by atoms with Gasteiger partial charge in [-0.05, 0) is 30.3 Å². The molecule has 0 spiro atoms. The summed E-state index contributed by atoms with van der Waals surface area (Å²) in [6.07, 6.45) is -2.10. The van der Waals surface area contributed by atoms with Crippen LogP contribution in [0.2, 0.25) is 0 Å². The van der Waals surface area contributed by atoms with Gasteiger partial charge in [-0.15, -0.1) is 3.89 Å². The maximum absolute atomic E-state index is 13.3. The highest BCUT2D eigenvalue weighted by atomic mass is 32.2. The predicted octanol–water partition coefficient (Wildman–Crippen LogP) is 4.07. The number of nitrogens with two attached hydrogens (primary N) is 1. The third-order valence-corrected chi connectivity index (χ3v) is 7.17. The Labute approximate surface area is 190 Å². The van der Waals surface area contributed by atoms with Gasteiger partial charge in [-0.2, -0.15) is 21.6 Å². The van der Waals surface area contributed by atoms with E-state index in [4.69, 9.17) is 19.9 Å². The Morgan fingerprint density at radius 2 is 1.67 bits per heavy atom. The van der Waals surface area contributed by atoms with Gasteiger partial charge >= 0.3 is 16.2 Å². The van der Waals surface area contributed by atoms with Crippen molar-refractivity contribution in [2.75, 3.05) is 26.5 Å². The molecule has 0 saturated carbocycles. The molecule has 0 bridgehead atoms. The molecule has 33 heavy (non-hydrogen) atoms. The molecule has 0 saturated heterocycles. The zero-order chi connectivity index (χ0) is 24.3. The number of nitrogens with zero attached hydrogens (tertiary/aromatic N) is 1. The average Bonchev–Trinajstić information content (AvgIpc) is 2.77. The van der Waals surface area contributed by atoms with E-state index in [2.05, 4.69) is 0 Å². The molecule has 3 rings (SSSR count). The number of ether oxygens (including phenoxy) is 3. The number of quaternary nitrogens is 1. The fourth-order valence-corrected chi connectivity index (χ4v) is 5.40. The smallest absolute Gasteiger partial charge is 0.408 e. The van der Waals surface area contributed by atoms with Gasteiger partial charge in [-0.25, -0.2) is 0 Å². The van der Waals surface area contributed by atoms with E-state index >= 15 is 0 Å². The monoisotopic (exact) mass is 485 g/mol. The molecule has 1 aliphatic rings. The molecule has 2 N–H and O–H groups in total. The van der Waals surface area contributed by atoms with E-state index < -0.39 is 32.1 Å². The fourth-order valence-electron chi connectivity index (χ4n) is 3.56. The Bertz CT molecular complexity index is 1150. The Morgan fingerprint density at radius 3 is 2.21 bits per heavy atom. The molecule has 1 heterocycles. The first-order chi connectivity index (χ1) is 15.6. The second-order valence-electron chi connectivity index (χ2n) is 7.19. The number of rotatable bonds is 8. The van der Waals surface area contributed by atoms with Crippen molar-refractivity contribution in [2.24, 2.45) is 5.73 Å². The molecule has 11 heteroatoms. The summed E-state index contributed by atoms with van der Waals surface area (Å²) >= 11 is 0. The van der Waals surface area contributed by atoms with E-state index in [9.17, 15) is 21.6 Å². The maximum atomic E-state index is 13.3. The molecule has 1 aliphatic heterocycles. The van der Waals surface area contributed by atoms with Crippen LogP contribution >= 0.6 is 0 Å². The van der Waals surface area contributed by atoms with E-state index in [0.717, 1.165) is 0 Å². The third kappa shape index (κ3) is 5.06. The number of hydrogen-bond donors (Lipinski definition) is 1. The van der Waals surface area contributed by atoms with Gasteiger partial charge in [0.15, 0.2) is 22.9 Å². The first-order valence-electron chi connectivity index (χ1n) is 9.78. The molecule has 0 amide bonds. The number of para-hydroxylation sites is 2. The molecule has 0 aliphatic carbocycles. The van der Waals surface area contributed by atoms with Gasteiger partial charge in [-0.3, -0.25) is 0 Å². The van der Waals surface area contributed by atoms with Gasteiger partial charge in [-0.1, -0.05) is 12.1 Å². The summed E-state index contributed by atoms with van der Waals surface area (Å²) in [6, 6.07) is 12.6. The lowest BCUT2D eigenvalue weighted by Crippen LogP contribution is -2.60. The summed E-state index contributed by atoms with van der Waals surface area (Å²) in [7, 11) is -2.18. The lowest BCUT2D eigenvalue weighted by molar-refractivity contribution is -0.107. The Kier molecular flexibility index (Phi) is 7.17. The first kappa shape index (κ1) is 24.8. The van der Waals surface area contributed by atoms with Crippen LogP contribution in [0.1, 0.15) is 0 Å². The number of hydrogen-bond acceptors (Lipinski definition) is 6. The van der Waals surface area contributed by atoms with Crippen molar-refractivity contribution in [3.05, 3.63) is 72.5 Å². The molecule has 2 atom stereocenters. The van der Waals surface area contributed by atoms with Gasteiger partial charge < -0.3 is 19.9 Å². The second kappa shape index (κ2) is 9.56. The van der Waals surface area contributed by atoms with E-state index in [1.165, 1.54) is 56.8 Å². The summed E-state index contributed by atoms with van der Waals surface area (Å²) in [5.41, 5.74) is 6.06. The van der Waals surface area contributed by atoms with Gasteiger partial charge in [0.1, 0.15) is 11.9 Å². The molecule has 2 aromatic carbocycles. The Hall–Kier alpha value is -2.86. The lowest BCUT2D eigenvalue weighted by Gasteiger charge is -2.39. The Morgan fingerprint density at radius 1 is 1.03 bits per heavy atom. The maximum Gasteiger partial charge on any atom is 0.408 e. The first-order valence-corrected chi connectivity index (χ1v) is 11.4. The fraction of sp³-hybridized carbons (Fsp3) is 0.273. The molecule has 2 unspecified atom stereocenters. The van der Waals surface area contributed by atoms with Crippen molar-refractivity contribution < 1.29 is 35.8 Å². The second-order valence-corrected chi connectivity index (χ2v) is 9.25. The number of sulfonamides is 1. The van der Waals surface area contributed by atoms with E-state index in [1.807, 2.05) is 0 Å². The van der Waals surface area contributed by atoms with E-state index in [-0.39, 0.29) is 12.2 Å². The molecule has 2 aromatic rings. The third-order valence-electron chi connectivity index (χ3n) is 5.03. The van der Waals surface area contributed by atoms with Crippen LogP contribution in [-0.2, 0) is 14.8 Å². The molecular weight excluding hydrogens is 461 g/mol. The standard InChI is InChI=1S/C22H24F3N2O5S/c1-30-19-5-3-4-6-20(19)32-18-10-8-17(9-11-18)27(33(28,29)15-22(23,24)25)14-16(13-26)7-12-21(27)31-2/h3-12,14,21H,13,15,26H2,1-2H3/q+1. The highest BCUT2D eigenvalue weighted by Gasteiger charge is 2.55. The van der Waals surface area contributed by atoms with Crippen molar-refractivity contribution in [1.82, 2.24) is 3.89 Å². The zero-order valence-electron chi connectivity index (χ0n) is 18.0. The minimum atomic E-state index is -4.95. The minimum absolute atomic E-state index is 0.0359. The molecule has 0 fully saturated rings. The number of halogens is 3. The summed E-state index contributed by atoms with van der Waals surface area (Å²) in [6.45, 7) is -0.0660. The van der Waals surface area contributed by atoms with Gasteiger partial charge in [0.2, 0.25) is 6.23 Å². The van der Waals surface area contributed by atoms with Gasteiger partial charge in [0, 0.05) is 37.4 Å². The average molecular weight is 486 g/mol. The molecule has 0 aromatic heterocycles. The van der Waals surface area contributed by atoms with Gasteiger partial charge in [0.25, 0.3) is 0 Å². The van der Waals surface area contributed by atoms with Crippen LogP contribution in [0.5, 0.6) is 17.2 Å². The van der Waals surface area contributed by atoms with Gasteiger partial charge in [0.05, 0.1) is 7.11 Å². The number of benzene rings is 2. The van der Waals surface area contributed by atoms with Crippen LogP contribution in [0.4, 0.5) is 18.9 Å². The van der Waals surface area contributed by atoms with Crippen LogP contribution in [0.25, 0.3) is 0 Å². The largest absolute Gasteiger partial charge is 0.493 e.